The number of carboxylic acids is 1. The van der Waals surface area contributed by atoms with Crippen LogP contribution in [0, 0.1) is 5.92 Å². The van der Waals surface area contributed by atoms with Crippen molar-refractivity contribution < 1.29 is 14.7 Å². The number of carbonyl (C=O) groups excluding carboxylic acids is 1. The maximum Gasteiger partial charge on any atom is 0.328 e. The first-order valence-electron chi connectivity index (χ1n) is 5.19. The third kappa shape index (κ3) is 3.20. The number of rotatable bonds is 3. The lowest BCUT2D eigenvalue weighted by Gasteiger charge is -2.27. The van der Waals surface area contributed by atoms with Crippen LogP contribution >= 0.6 is 0 Å². The van der Waals surface area contributed by atoms with Gasteiger partial charge in [0, 0.05) is 6.54 Å². The summed E-state index contributed by atoms with van der Waals surface area (Å²) in [6.07, 6.45) is 1.79. The maximum atomic E-state index is 11.7. The Bertz CT molecular complexity index is 257. The highest BCUT2D eigenvalue weighted by molar-refractivity contribution is 5.87. The minimum atomic E-state index is -1.19. The summed E-state index contributed by atoms with van der Waals surface area (Å²) < 4.78 is 0. The highest BCUT2D eigenvalue weighted by Gasteiger charge is 2.32. The number of hydrogen-bond acceptors (Lipinski definition) is 3. The van der Waals surface area contributed by atoms with Crippen molar-refractivity contribution in [2.24, 2.45) is 5.92 Å². The molecule has 3 N–H and O–H groups in total. The molecule has 1 saturated heterocycles. The van der Waals surface area contributed by atoms with E-state index in [1.807, 2.05) is 0 Å². The molecular weight excluding hydrogens is 196 g/mol. The summed E-state index contributed by atoms with van der Waals surface area (Å²) in [4.78, 5) is 22.5. The van der Waals surface area contributed by atoms with Gasteiger partial charge in [-0.1, -0.05) is 0 Å². The molecule has 1 amide bonds. The number of piperidine rings is 1. The smallest absolute Gasteiger partial charge is 0.328 e. The zero-order chi connectivity index (χ0) is 11.5. The van der Waals surface area contributed by atoms with Gasteiger partial charge in [-0.05, 0) is 33.2 Å². The van der Waals surface area contributed by atoms with Gasteiger partial charge >= 0.3 is 5.97 Å². The molecule has 0 unspecified atom stereocenters. The normalized spacial score (nSPS) is 22.1. The maximum absolute atomic E-state index is 11.7. The molecule has 1 heterocycles. The molecule has 0 aliphatic carbocycles. The topological polar surface area (TPSA) is 78.4 Å². The van der Waals surface area contributed by atoms with Crippen LogP contribution in [-0.2, 0) is 9.59 Å². The molecule has 0 aromatic rings. The highest BCUT2D eigenvalue weighted by atomic mass is 16.4. The molecule has 1 aliphatic rings. The molecule has 0 aromatic heterocycles. The van der Waals surface area contributed by atoms with Crippen LogP contribution in [0.4, 0.5) is 0 Å². The molecule has 15 heavy (non-hydrogen) atoms. The summed E-state index contributed by atoms with van der Waals surface area (Å²) in [5, 5.41) is 14.5. The number of amides is 1. The van der Waals surface area contributed by atoms with Gasteiger partial charge in [-0.2, -0.15) is 0 Å². The highest BCUT2D eigenvalue weighted by Crippen LogP contribution is 2.12. The van der Waals surface area contributed by atoms with Crippen molar-refractivity contribution in [3.63, 3.8) is 0 Å². The van der Waals surface area contributed by atoms with Crippen molar-refractivity contribution >= 4 is 11.9 Å². The van der Waals surface area contributed by atoms with Gasteiger partial charge in [0.05, 0.1) is 5.92 Å². The standard InChI is InChI=1S/C10H18N2O3/c1-10(2,9(14)15)12-8(13)7-4-3-5-11-6-7/h7,11H,3-6H2,1-2H3,(H,12,13)(H,14,15)/t7-/m0/s1. The van der Waals surface area contributed by atoms with E-state index in [0.29, 0.717) is 6.54 Å². The van der Waals surface area contributed by atoms with E-state index in [4.69, 9.17) is 5.11 Å². The van der Waals surface area contributed by atoms with Crippen molar-refractivity contribution in [3.05, 3.63) is 0 Å². The lowest BCUT2D eigenvalue weighted by Crippen LogP contribution is -2.53. The van der Waals surface area contributed by atoms with E-state index < -0.39 is 11.5 Å². The van der Waals surface area contributed by atoms with Crippen molar-refractivity contribution in [1.82, 2.24) is 10.6 Å². The van der Waals surface area contributed by atoms with Crippen LogP contribution in [0.1, 0.15) is 26.7 Å². The van der Waals surface area contributed by atoms with E-state index >= 15 is 0 Å². The average Bonchev–Trinajstić information content (AvgIpc) is 2.18. The van der Waals surface area contributed by atoms with E-state index in [2.05, 4.69) is 10.6 Å². The summed E-state index contributed by atoms with van der Waals surface area (Å²) in [6, 6.07) is 0. The third-order valence-electron chi connectivity index (χ3n) is 2.64. The zero-order valence-electron chi connectivity index (χ0n) is 9.17. The Kier molecular flexibility index (Phi) is 3.68. The fourth-order valence-electron chi connectivity index (χ4n) is 1.54. The number of carbonyl (C=O) groups is 2. The minimum Gasteiger partial charge on any atom is -0.480 e. The van der Waals surface area contributed by atoms with Gasteiger partial charge in [0.1, 0.15) is 5.54 Å². The number of carboxylic acid groups (broad SMARTS) is 1. The Balaban J connectivity index is 2.50. The fraction of sp³-hybridized carbons (Fsp3) is 0.800. The van der Waals surface area contributed by atoms with Gasteiger partial charge in [0.15, 0.2) is 0 Å². The number of hydrogen-bond donors (Lipinski definition) is 3. The first-order chi connectivity index (χ1) is 6.93. The van der Waals surface area contributed by atoms with E-state index in [-0.39, 0.29) is 11.8 Å². The Labute approximate surface area is 89.2 Å². The first kappa shape index (κ1) is 12.0. The predicted octanol–water partition coefficient (Wildman–Crippen LogP) is -0.0346. The van der Waals surface area contributed by atoms with Gasteiger partial charge in [0.25, 0.3) is 0 Å². The molecule has 5 nitrogen and oxygen atoms in total. The van der Waals surface area contributed by atoms with Gasteiger partial charge in [-0.25, -0.2) is 4.79 Å². The summed E-state index contributed by atoms with van der Waals surface area (Å²) in [7, 11) is 0. The average molecular weight is 214 g/mol. The monoisotopic (exact) mass is 214 g/mol. The second-order valence-electron chi connectivity index (χ2n) is 4.46. The first-order valence-corrected chi connectivity index (χ1v) is 5.19. The van der Waals surface area contributed by atoms with Crippen molar-refractivity contribution in [2.75, 3.05) is 13.1 Å². The van der Waals surface area contributed by atoms with Crippen molar-refractivity contribution in [3.8, 4) is 0 Å². The number of nitrogens with one attached hydrogen (secondary N) is 2. The number of aliphatic carboxylic acids is 1. The predicted molar refractivity (Wildman–Crippen MR) is 55.5 cm³/mol. The molecular formula is C10H18N2O3. The van der Waals surface area contributed by atoms with Crippen molar-refractivity contribution in [1.29, 1.82) is 0 Å². The van der Waals surface area contributed by atoms with Crippen LogP contribution in [0.15, 0.2) is 0 Å². The van der Waals surface area contributed by atoms with E-state index in [9.17, 15) is 9.59 Å². The Morgan fingerprint density at radius 1 is 1.47 bits per heavy atom. The summed E-state index contributed by atoms with van der Waals surface area (Å²) >= 11 is 0. The SMILES string of the molecule is CC(C)(NC(=O)[C@H]1CCCNC1)C(=O)O. The van der Waals surface area contributed by atoms with Gasteiger partial charge in [0.2, 0.25) is 5.91 Å². The fourth-order valence-corrected chi connectivity index (χ4v) is 1.54. The zero-order valence-corrected chi connectivity index (χ0v) is 9.17. The molecule has 86 valence electrons. The minimum absolute atomic E-state index is 0.0997. The van der Waals surface area contributed by atoms with Crippen LogP contribution in [-0.4, -0.2) is 35.6 Å². The van der Waals surface area contributed by atoms with Crippen LogP contribution in [0.3, 0.4) is 0 Å². The van der Waals surface area contributed by atoms with Crippen LogP contribution < -0.4 is 10.6 Å². The Morgan fingerprint density at radius 2 is 2.13 bits per heavy atom. The van der Waals surface area contributed by atoms with E-state index in [0.717, 1.165) is 19.4 Å². The van der Waals surface area contributed by atoms with Gasteiger partial charge < -0.3 is 15.7 Å². The second-order valence-corrected chi connectivity index (χ2v) is 4.46. The van der Waals surface area contributed by atoms with Crippen LogP contribution in [0.25, 0.3) is 0 Å². The summed E-state index contributed by atoms with van der Waals surface area (Å²) in [5.74, 6) is -1.29. The molecule has 0 aromatic carbocycles. The van der Waals surface area contributed by atoms with Crippen LogP contribution in [0.2, 0.25) is 0 Å². The van der Waals surface area contributed by atoms with E-state index in [1.54, 1.807) is 0 Å². The summed E-state index contributed by atoms with van der Waals surface area (Å²) in [6.45, 7) is 4.56. The molecule has 0 radical (unpaired) electrons. The van der Waals surface area contributed by atoms with Gasteiger partial charge in [-0.15, -0.1) is 0 Å². The quantitative estimate of drug-likeness (QED) is 0.616. The van der Waals surface area contributed by atoms with Crippen LogP contribution in [0.5, 0.6) is 0 Å². The Hall–Kier alpha value is -1.10. The molecule has 0 saturated carbocycles. The lowest BCUT2D eigenvalue weighted by molar-refractivity contribution is -0.146. The third-order valence-corrected chi connectivity index (χ3v) is 2.64. The molecule has 1 aliphatic heterocycles. The van der Waals surface area contributed by atoms with E-state index in [1.165, 1.54) is 13.8 Å². The second kappa shape index (κ2) is 4.61. The van der Waals surface area contributed by atoms with Gasteiger partial charge in [-0.3, -0.25) is 4.79 Å². The van der Waals surface area contributed by atoms with Crippen molar-refractivity contribution in [2.45, 2.75) is 32.2 Å². The Morgan fingerprint density at radius 3 is 2.60 bits per heavy atom. The molecule has 1 atom stereocenters. The molecule has 0 bridgehead atoms. The lowest BCUT2D eigenvalue weighted by atomic mass is 9.96. The molecule has 5 heteroatoms. The molecule has 1 rings (SSSR count). The summed E-state index contributed by atoms with van der Waals surface area (Å²) in [5.41, 5.74) is -1.19. The largest absolute Gasteiger partial charge is 0.480 e. The molecule has 0 spiro atoms. The molecule has 1 fully saturated rings.